The second-order valence-corrected chi connectivity index (χ2v) is 11.3. The Bertz CT molecular complexity index is 1470. The molecule has 2 aromatic carbocycles. The molecule has 2 N–H and O–H groups in total. The number of nitrogens with zero attached hydrogens (tertiary/aromatic N) is 3. The lowest BCUT2D eigenvalue weighted by molar-refractivity contribution is -0.0254. The van der Waals surface area contributed by atoms with Crippen molar-refractivity contribution in [3.05, 3.63) is 88.6 Å². The maximum absolute atomic E-state index is 11.4. The van der Waals surface area contributed by atoms with Crippen molar-refractivity contribution in [1.82, 2.24) is 14.6 Å². The third-order valence-electron chi connectivity index (χ3n) is 7.46. The van der Waals surface area contributed by atoms with Gasteiger partial charge < -0.3 is 19.5 Å². The Morgan fingerprint density at radius 1 is 1.15 bits per heavy atom. The molecule has 1 atom stereocenters. The molecule has 0 aliphatic carbocycles. The lowest BCUT2D eigenvalue weighted by atomic mass is 9.84. The Hall–Kier alpha value is -3.44. The molecular weight excluding hydrogens is 552 g/mol. The summed E-state index contributed by atoms with van der Waals surface area (Å²) in [6.45, 7) is 2.60. The van der Waals surface area contributed by atoms with E-state index in [-0.39, 0.29) is 6.61 Å². The van der Waals surface area contributed by atoms with Gasteiger partial charge in [-0.3, -0.25) is 9.01 Å². The van der Waals surface area contributed by atoms with Crippen LogP contribution in [0.5, 0.6) is 17.4 Å². The molecule has 208 valence electrons. The summed E-state index contributed by atoms with van der Waals surface area (Å²) in [7, 11) is 0. The summed E-state index contributed by atoms with van der Waals surface area (Å²) in [6, 6.07) is 17.1. The van der Waals surface area contributed by atoms with Crippen LogP contribution < -0.4 is 14.2 Å². The summed E-state index contributed by atoms with van der Waals surface area (Å²) < 4.78 is 30.9. The van der Waals surface area contributed by atoms with Crippen LogP contribution in [0.4, 0.5) is 0 Å². The molecule has 3 aromatic rings. The number of benzene rings is 2. The standard InChI is InChI=1S/C29H29ClN4O5S/c30-22-10-8-21(9-11-22)29(35)12-16-34(17-13-29)15-3-4-20-18-24-25(37-19-27-32-39-40(36)33-27)6-1-7-26(24)38-28-23(20)5-2-14-31-28/h1-2,4-11,14,35H,3,12-13,15-19H2,(H,32,33)/b20-4-. The maximum Gasteiger partial charge on any atom is 0.338 e. The van der Waals surface area contributed by atoms with Gasteiger partial charge in [0.25, 0.3) is 0 Å². The number of hydrogen-bond donors (Lipinski definition) is 2. The molecule has 0 radical (unpaired) electrons. The summed E-state index contributed by atoms with van der Waals surface area (Å²) in [5.41, 5.74) is 3.07. The molecule has 0 saturated carbocycles. The number of aliphatic hydroxyl groups is 1. The van der Waals surface area contributed by atoms with Crippen molar-refractivity contribution in [1.29, 1.82) is 0 Å². The fourth-order valence-electron chi connectivity index (χ4n) is 5.27. The van der Waals surface area contributed by atoms with Gasteiger partial charge in [-0.2, -0.15) is 4.21 Å². The molecule has 3 aliphatic rings. The number of piperidine rings is 1. The van der Waals surface area contributed by atoms with E-state index in [0.29, 0.717) is 47.5 Å². The van der Waals surface area contributed by atoms with Gasteiger partial charge >= 0.3 is 11.3 Å². The average Bonchev–Trinajstić information content (AvgIpc) is 3.31. The Balaban J connectivity index is 1.15. The highest BCUT2D eigenvalue weighted by Crippen LogP contribution is 2.41. The van der Waals surface area contributed by atoms with Crippen molar-refractivity contribution < 1.29 is 23.1 Å². The first kappa shape index (κ1) is 26.8. The molecular formula is C29H29ClN4O5S. The van der Waals surface area contributed by atoms with Crippen LogP contribution in [-0.2, 0) is 27.6 Å². The Morgan fingerprint density at radius 2 is 1.98 bits per heavy atom. The first-order valence-corrected chi connectivity index (χ1v) is 14.6. The zero-order chi connectivity index (χ0) is 27.5. The van der Waals surface area contributed by atoms with Crippen LogP contribution in [0.1, 0.15) is 36.0 Å². The largest absolute Gasteiger partial charge is 0.485 e. The van der Waals surface area contributed by atoms with Gasteiger partial charge in [-0.25, -0.2) is 4.98 Å². The Labute approximate surface area is 240 Å². The van der Waals surface area contributed by atoms with Crippen LogP contribution in [-0.4, -0.2) is 51.3 Å². The molecule has 1 aromatic heterocycles. The summed E-state index contributed by atoms with van der Waals surface area (Å²) >= 11 is 4.36. The summed E-state index contributed by atoms with van der Waals surface area (Å²) in [6.07, 6.45) is 6.77. The van der Waals surface area contributed by atoms with Crippen LogP contribution in [0, 0.1) is 0 Å². The van der Waals surface area contributed by atoms with Crippen LogP contribution in [0.2, 0.25) is 5.02 Å². The molecule has 3 aliphatic heterocycles. The second-order valence-electron chi connectivity index (χ2n) is 10.0. The van der Waals surface area contributed by atoms with E-state index in [2.05, 4.69) is 30.1 Å². The number of amidine groups is 1. The van der Waals surface area contributed by atoms with E-state index >= 15 is 0 Å². The lowest BCUT2D eigenvalue weighted by Gasteiger charge is -2.38. The van der Waals surface area contributed by atoms with E-state index in [1.165, 1.54) is 0 Å². The van der Waals surface area contributed by atoms with E-state index in [1.807, 2.05) is 54.6 Å². The summed E-state index contributed by atoms with van der Waals surface area (Å²) in [4.78, 5) is 6.89. The third-order valence-corrected chi connectivity index (χ3v) is 8.33. The van der Waals surface area contributed by atoms with E-state index in [9.17, 15) is 9.32 Å². The average molecular weight is 581 g/mol. The Kier molecular flexibility index (Phi) is 7.75. The van der Waals surface area contributed by atoms with Crippen molar-refractivity contribution >= 4 is 34.3 Å². The predicted octanol–water partition coefficient (Wildman–Crippen LogP) is 4.73. The topological polar surface area (TPSA) is 106 Å². The van der Waals surface area contributed by atoms with Crippen molar-refractivity contribution in [2.24, 2.45) is 5.16 Å². The normalized spacial score (nSPS) is 20.8. The summed E-state index contributed by atoms with van der Waals surface area (Å²) in [5, 5.41) is 15.6. The number of ether oxygens (including phenoxy) is 2. The van der Waals surface area contributed by atoms with Crippen molar-refractivity contribution in [3.8, 4) is 17.4 Å². The lowest BCUT2D eigenvalue weighted by Crippen LogP contribution is -2.42. The van der Waals surface area contributed by atoms with Crippen LogP contribution in [0.3, 0.4) is 0 Å². The number of hydrogen-bond acceptors (Lipinski definition) is 8. The predicted molar refractivity (Wildman–Crippen MR) is 153 cm³/mol. The second kappa shape index (κ2) is 11.6. The molecule has 40 heavy (non-hydrogen) atoms. The fraction of sp³-hybridized carbons (Fsp3) is 0.310. The highest BCUT2D eigenvalue weighted by atomic mass is 35.5. The third kappa shape index (κ3) is 5.85. The van der Waals surface area contributed by atoms with Crippen molar-refractivity contribution in [2.45, 2.75) is 31.3 Å². The molecule has 9 nitrogen and oxygen atoms in total. The van der Waals surface area contributed by atoms with Gasteiger partial charge in [-0.05, 0) is 72.0 Å². The molecule has 4 heterocycles. The van der Waals surface area contributed by atoms with Gasteiger partial charge in [-0.15, -0.1) is 0 Å². The smallest absolute Gasteiger partial charge is 0.338 e. The molecule has 11 heteroatoms. The quantitative estimate of drug-likeness (QED) is 0.416. The molecule has 0 bridgehead atoms. The number of nitrogens with one attached hydrogen (secondary N) is 1. The van der Waals surface area contributed by atoms with Gasteiger partial charge in [-0.1, -0.05) is 35.9 Å². The SMILES string of the molecule is O=S1NC(COc2cccc3c2C/C(=C/CCN2CCC(O)(c4ccc(Cl)cc4)CC2)c2cccnc2O3)=NO1. The number of rotatable bonds is 7. The van der Waals surface area contributed by atoms with Crippen molar-refractivity contribution in [2.75, 3.05) is 26.2 Å². The molecule has 0 spiro atoms. The van der Waals surface area contributed by atoms with Crippen LogP contribution >= 0.6 is 11.6 Å². The van der Waals surface area contributed by atoms with Gasteiger partial charge in [0, 0.05) is 48.4 Å². The zero-order valence-corrected chi connectivity index (χ0v) is 23.3. The minimum atomic E-state index is -1.67. The van der Waals surface area contributed by atoms with Gasteiger partial charge in [0.2, 0.25) is 5.88 Å². The first-order valence-electron chi connectivity index (χ1n) is 13.2. The Morgan fingerprint density at radius 3 is 2.75 bits per heavy atom. The first-order chi connectivity index (χ1) is 19.5. The van der Waals surface area contributed by atoms with Crippen molar-refractivity contribution in [3.63, 3.8) is 0 Å². The molecule has 1 saturated heterocycles. The van der Waals surface area contributed by atoms with E-state index in [4.69, 9.17) is 21.1 Å². The molecule has 6 rings (SSSR count). The minimum absolute atomic E-state index is 0.0871. The summed E-state index contributed by atoms with van der Waals surface area (Å²) in [5.74, 6) is 2.24. The fourth-order valence-corrected chi connectivity index (χ4v) is 5.88. The van der Waals surface area contributed by atoms with E-state index < -0.39 is 16.9 Å². The molecule has 1 unspecified atom stereocenters. The number of pyridine rings is 1. The molecule has 0 amide bonds. The highest BCUT2D eigenvalue weighted by Gasteiger charge is 2.33. The van der Waals surface area contributed by atoms with Gasteiger partial charge in [0.05, 0.1) is 5.60 Å². The van der Waals surface area contributed by atoms with Crippen LogP contribution in [0.15, 0.2) is 72.0 Å². The number of oxime groups is 1. The molecule has 1 fully saturated rings. The number of halogens is 1. The van der Waals surface area contributed by atoms with Crippen LogP contribution in [0.25, 0.3) is 5.57 Å². The van der Waals surface area contributed by atoms with E-state index in [0.717, 1.165) is 48.3 Å². The highest BCUT2D eigenvalue weighted by molar-refractivity contribution is 7.79. The number of fused-ring (bicyclic) bond motifs is 2. The number of allylic oxidation sites excluding steroid dienone is 1. The minimum Gasteiger partial charge on any atom is -0.485 e. The van der Waals surface area contributed by atoms with E-state index in [1.54, 1.807) is 6.20 Å². The van der Waals surface area contributed by atoms with Gasteiger partial charge in [0.15, 0.2) is 5.84 Å². The maximum atomic E-state index is 11.4. The van der Waals surface area contributed by atoms with Gasteiger partial charge in [0.1, 0.15) is 18.1 Å². The number of likely N-dealkylation sites (tertiary alicyclic amines) is 1. The number of aromatic nitrogens is 1. The monoisotopic (exact) mass is 580 g/mol. The zero-order valence-electron chi connectivity index (χ0n) is 21.7.